The molecule has 0 amide bonds. The summed E-state index contributed by atoms with van der Waals surface area (Å²) in [4.78, 5) is 2.46. The van der Waals surface area contributed by atoms with Crippen LogP contribution in [-0.4, -0.2) is 4.57 Å². The fourth-order valence-corrected chi connectivity index (χ4v) is 9.75. The molecule has 11 aromatic rings. The molecule has 0 spiro atoms. The van der Waals surface area contributed by atoms with Crippen molar-refractivity contribution in [2.75, 3.05) is 4.90 Å². The van der Waals surface area contributed by atoms with Crippen LogP contribution >= 0.6 is 11.3 Å². The Bertz CT molecular complexity index is 3190. The zero-order valence-electron chi connectivity index (χ0n) is 29.9. The number of anilines is 3. The molecule has 0 N–H and O–H groups in total. The summed E-state index contributed by atoms with van der Waals surface area (Å²) >= 11 is 1.89. The van der Waals surface area contributed by atoms with Gasteiger partial charge in [-0.15, -0.1) is 11.3 Å². The standard InChI is InChI=1S/C52H34N2S/c1-3-15-35(16-4-1)41-21-9-11-25-46(41)54(49-28-14-27-48-51(49)44-22-10-12-26-47(44)53(48)39-19-5-2-6-20-39)40-31-29-36(30-32-40)42-23-13-24-43-45-33-37-17-7-8-18-38(37)34-50(45)55-52(42)43/h1-34H. The van der Waals surface area contributed by atoms with E-state index in [1.165, 1.54) is 75.0 Å². The fraction of sp³-hybridized carbons (Fsp3) is 0. The maximum Gasteiger partial charge on any atom is 0.0562 e. The van der Waals surface area contributed by atoms with Crippen LogP contribution in [0.25, 0.3) is 80.7 Å². The Labute approximate surface area is 323 Å². The Morgan fingerprint density at radius 3 is 1.84 bits per heavy atom. The van der Waals surface area contributed by atoms with Crippen molar-refractivity contribution in [3.05, 3.63) is 206 Å². The summed E-state index contributed by atoms with van der Waals surface area (Å²) in [7, 11) is 0. The zero-order valence-corrected chi connectivity index (χ0v) is 30.7. The van der Waals surface area contributed by atoms with Gasteiger partial charge in [-0.25, -0.2) is 0 Å². The molecule has 0 bridgehead atoms. The maximum absolute atomic E-state index is 2.46. The third kappa shape index (κ3) is 5.16. The molecule has 2 heterocycles. The van der Waals surface area contributed by atoms with Gasteiger partial charge >= 0.3 is 0 Å². The summed E-state index contributed by atoms with van der Waals surface area (Å²) in [5, 5.41) is 7.64. The van der Waals surface area contributed by atoms with E-state index < -0.39 is 0 Å². The lowest BCUT2D eigenvalue weighted by Crippen LogP contribution is -2.11. The summed E-state index contributed by atoms with van der Waals surface area (Å²) in [6, 6.07) is 75.1. The molecule has 258 valence electrons. The van der Waals surface area contributed by atoms with Crippen LogP contribution in [0.4, 0.5) is 17.1 Å². The molecular formula is C52H34N2S. The van der Waals surface area contributed by atoms with Crippen molar-refractivity contribution in [2.24, 2.45) is 0 Å². The van der Waals surface area contributed by atoms with Gasteiger partial charge < -0.3 is 9.47 Å². The summed E-state index contributed by atoms with van der Waals surface area (Å²) in [6.45, 7) is 0. The second-order valence-electron chi connectivity index (χ2n) is 14.1. The predicted octanol–water partition coefficient (Wildman–Crippen LogP) is 15.1. The first-order valence-corrected chi connectivity index (χ1v) is 19.6. The van der Waals surface area contributed by atoms with Gasteiger partial charge in [0.1, 0.15) is 0 Å². The number of rotatable bonds is 6. The van der Waals surface area contributed by atoms with Gasteiger partial charge in [0.2, 0.25) is 0 Å². The Hall–Kier alpha value is -6.94. The molecule has 55 heavy (non-hydrogen) atoms. The largest absolute Gasteiger partial charge is 0.309 e. The van der Waals surface area contributed by atoms with Crippen molar-refractivity contribution in [2.45, 2.75) is 0 Å². The van der Waals surface area contributed by atoms with Crippen molar-refractivity contribution in [1.29, 1.82) is 0 Å². The van der Waals surface area contributed by atoms with E-state index in [1.807, 2.05) is 11.3 Å². The number of aromatic nitrogens is 1. The number of hydrogen-bond acceptors (Lipinski definition) is 2. The van der Waals surface area contributed by atoms with Gasteiger partial charge in [-0.3, -0.25) is 0 Å². The van der Waals surface area contributed by atoms with E-state index in [4.69, 9.17) is 0 Å². The minimum absolute atomic E-state index is 1.10. The van der Waals surface area contributed by atoms with Crippen LogP contribution in [0.3, 0.4) is 0 Å². The molecule has 11 rings (SSSR count). The highest BCUT2D eigenvalue weighted by Crippen LogP contribution is 2.47. The molecule has 9 aromatic carbocycles. The highest BCUT2D eigenvalue weighted by Gasteiger charge is 2.23. The minimum atomic E-state index is 1.10. The molecule has 0 fully saturated rings. The van der Waals surface area contributed by atoms with Gasteiger partial charge in [0.15, 0.2) is 0 Å². The summed E-state index contributed by atoms with van der Waals surface area (Å²) in [6.07, 6.45) is 0. The van der Waals surface area contributed by atoms with Crippen LogP contribution in [-0.2, 0) is 0 Å². The smallest absolute Gasteiger partial charge is 0.0562 e. The number of fused-ring (bicyclic) bond motifs is 7. The molecule has 0 aliphatic rings. The Kier molecular flexibility index (Phi) is 7.39. The lowest BCUT2D eigenvalue weighted by molar-refractivity contribution is 1.18. The quantitative estimate of drug-likeness (QED) is 0.166. The van der Waals surface area contributed by atoms with Gasteiger partial charge in [-0.05, 0) is 88.1 Å². The van der Waals surface area contributed by atoms with Gasteiger partial charge in [-0.1, -0.05) is 146 Å². The second kappa shape index (κ2) is 12.9. The number of hydrogen-bond donors (Lipinski definition) is 0. The highest BCUT2D eigenvalue weighted by atomic mass is 32.1. The van der Waals surface area contributed by atoms with E-state index >= 15 is 0 Å². The summed E-state index contributed by atoms with van der Waals surface area (Å²) < 4.78 is 5.04. The SMILES string of the molecule is c1ccc(-c2ccccc2N(c2ccc(-c3cccc4c3sc3cc5ccccc5cc34)cc2)c2cccc3c2c2ccccc2n3-c2ccccc2)cc1. The third-order valence-electron chi connectivity index (χ3n) is 11.0. The molecule has 0 saturated carbocycles. The van der Waals surface area contributed by atoms with Gasteiger partial charge in [-0.2, -0.15) is 0 Å². The number of benzene rings is 9. The molecule has 3 heteroatoms. The van der Waals surface area contributed by atoms with E-state index in [2.05, 4.69) is 216 Å². The Morgan fingerprint density at radius 2 is 1.00 bits per heavy atom. The van der Waals surface area contributed by atoms with E-state index in [0.29, 0.717) is 0 Å². The van der Waals surface area contributed by atoms with Crippen molar-refractivity contribution in [1.82, 2.24) is 4.57 Å². The van der Waals surface area contributed by atoms with Gasteiger partial charge in [0.25, 0.3) is 0 Å². The molecule has 0 unspecified atom stereocenters. The van der Waals surface area contributed by atoms with Crippen molar-refractivity contribution in [3.8, 4) is 27.9 Å². The average molecular weight is 719 g/mol. The van der Waals surface area contributed by atoms with Crippen LogP contribution < -0.4 is 4.90 Å². The molecule has 2 aromatic heterocycles. The van der Waals surface area contributed by atoms with Crippen LogP contribution in [0.15, 0.2) is 206 Å². The highest BCUT2D eigenvalue weighted by molar-refractivity contribution is 7.26. The van der Waals surface area contributed by atoms with E-state index in [0.717, 1.165) is 22.7 Å². The van der Waals surface area contributed by atoms with E-state index in [-0.39, 0.29) is 0 Å². The molecule has 2 nitrogen and oxygen atoms in total. The Balaban J connectivity index is 1.13. The van der Waals surface area contributed by atoms with Crippen LogP contribution in [0.1, 0.15) is 0 Å². The average Bonchev–Trinajstić information content (AvgIpc) is 3.80. The number of thiophene rings is 1. The zero-order chi connectivity index (χ0) is 36.3. The summed E-state index contributed by atoms with van der Waals surface area (Å²) in [5.41, 5.74) is 11.7. The van der Waals surface area contributed by atoms with Crippen LogP contribution in [0.2, 0.25) is 0 Å². The first-order chi connectivity index (χ1) is 27.3. The van der Waals surface area contributed by atoms with Crippen molar-refractivity contribution in [3.63, 3.8) is 0 Å². The second-order valence-corrected chi connectivity index (χ2v) is 15.2. The lowest BCUT2D eigenvalue weighted by atomic mass is 9.99. The van der Waals surface area contributed by atoms with Crippen LogP contribution in [0, 0.1) is 0 Å². The lowest BCUT2D eigenvalue weighted by Gasteiger charge is -2.29. The molecule has 0 aliphatic carbocycles. The predicted molar refractivity (Wildman–Crippen MR) is 237 cm³/mol. The van der Waals surface area contributed by atoms with Gasteiger partial charge in [0.05, 0.1) is 22.4 Å². The molecule has 0 aliphatic heterocycles. The van der Waals surface area contributed by atoms with E-state index in [9.17, 15) is 0 Å². The molecule has 0 saturated heterocycles. The number of nitrogens with zero attached hydrogens (tertiary/aromatic N) is 2. The third-order valence-corrected chi connectivity index (χ3v) is 12.2. The summed E-state index contributed by atoms with van der Waals surface area (Å²) in [5.74, 6) is 0. The molecular weight excluding hydrogens is 685 g/mol. The topological polar surface area (TPSA) is 8.17 Å². The maximum atomic E-state index is 2.46. The minimum Gasteiger partial charge on any atom is -0.309 e. The van der Waals surface area contributed by atoms with Crippen molar-refractivity contribution < 1.29 is 0 Å². The first-order valence-electron chi connectivity index (χ1n) is 18.8. The monoisotopic (exact) mass is 718 g/mol. The first kappa shape index (κ1) is 31.6. The fourth-order valence-electron chi connectivity index (χ4n) is 8.48. The van der Waals surface area contributed by atoms with E-state index in [1.54, 1.807) is 0 Å². The molecule has 0 radical (unpaired) electrons. The Morgan fingerprint density at radius 1 is 0.400 bits per heavy atom. The normalized spacial score (nSPS) is 11.6. The number of para-hydroxylation sites is 3. The van der Waals surface area contributed by atoms with Crippen LogP contribution in [0.5, 0.6) is 0 Å². The van der Waals surface area contributed by atoms with Gasteiger partial charge in [0, 0.05) is 47.9 Å². The van der Waals surface area contributed by atoms with Crippen molar-refractivity contribution >= 4 is 81.1 Å². The molecule has 0 atom stereocenters.